The van der Waals surface area contributed by atoms with E-state index in [1.807, 2.05) is 41.2 Å². The number of pyridine rings is 1. The first kappa shape index (κ1) is 12.9. The Labute approximate surface area is 124 Å². The van der Waals surface area contributed by atoms with E-state index in [9.17, 15) is 4.79 Å². The Morgan fingerprint density at radius 3 is 2.80 bits per heavy atom. The quantitative estimate of drug-likeness (QED) is 0.677. The summed E-state index contributed by atoms with van der Waals surface area (Å²) in [6.45, 7) is 0. The number of hydrogen-bond acceptors (Lipinski definition) is 2. The highest BCUT2D eigenvalue weighted by Gasteiger charge is 2.17. The van der Waals surface area contributed by atoms with Gasteiger partial charge >= 0.3 is 0 Å². The van der Waals surface area contributed by atoms with Gasteiger partial charge in [0.25, 0.3) is 5.91 Å². The summed E-state index contributed by atoms with van der Waals surface area (Å²) in [5.74, 6) is -0.119. The molecular weight excluding hydrogens is 318 g/mol. The van der Waals surface area contributed by atoms with E-state index in [-0.39, 0.29) is 5.91 Å². The average molecular weight is 330 g/mol. The van der Waals surface area contributed by atoms with E-state index in [1.54, 1.807) is 30.4 Å². The van der Waals surface area contributed by atoms with E-state index in [2.05, 4.69) is 20.9 Å². The Balaban J connectivity index is 2.02. The van der Waals surface area contributed by atoms with Crippen molar-refractivity contribution in [1.82, 2.24) is 9.66 Å². The summed E-state index contributed by atoms with van der Waals surface area (Å²) in [5.41, 5.74) is 1.52. The Bertz CT molecular complexity index is 781. The molecule has 0 bridgehead atoms. The van der Waals surface area contributed by atoms with E-state index >= 15 is 0 Å². The van der Waals surface area contributed by atoms with Crippen LogP contribution in [0.2, 0.25) is 0 Å². The zero-order valence-electron chi connectivity index (χ0n) is 10.8. The number of carbonyl (C=O) groups excluding carboxylic acids is 1. The van der Waals surface area contributed by atoms with Gasteiger partial charge in [0.1, 0.15) is 4.60 Å². The Hall–Kier alpha value is -2.14. The van der Waals surface area contributed by atoms with E-state index in [1.165, 1.54) is 0 Å². The van der Waals surface area contributed by atoms with E-state index < -0.39 is 0 Å². The number of halogens is 1. The zero-order valence-corrected chi connectivity index (χ0v) is 12.4. The molecule has 2 heterocycles. The summed E-state index contributed by atoms with van der Waals surface area (Å²) in [7, 11) is 1.74. The third-order valence-corrected chi connectivity index (χ3v) is 3.82. The molecule has 1 amide bonds. The minimum atomic E-state index is -0.119. The number of aromatic nitrogens is 2. The molecule has 0 atom stereocenters. The maximum absolute atomic E-state index is 12.5. The van der Waals surface area contributed by atoms with Gasteiger partial charge in [-0.3, -0.25) is 9.47 Å². The first-order chi connectivity index (χ1) is 9.68. The first-order valence-corrected chi connectivity index (χ1v) is 6.93. The van der Waals surface area contributed by atoms with Crippen LogP contribution in [0.4, 0.5) is 0 Å². The molecule has 2 aromatic heterocycles. The molecule has 0 fully saturated rings. The smallest absolute Gasteiger partial charge is 0.267 e. The maximum Gasteiger partial charge on any atom is 0.275 e. The van der Waals surface area contributed by atoms with Gasteiger partial charge in [0.2, 0.25) is 0 Å². The lowest BCUT2D eigenvalue weighted by atomic mass is 10.2. The molecule has 20 heavy (non-hydrogen) atoms. The highest BCUT2D eigenvalue weighted by molar-refractivity contribution is 9.10. The van der Waals surface area contributed by atoms with Crippen molar-refractivity contribution in [3.63, 3.8) is 0 Å². The molecule has 0 radical (unpaired) electrons. The molecule has 0 saturated heterocycles. The Morgan fingerprint density at radius 2 is 2.00 bits per heavy atom. The van der Waals surface area contributed by atoms with Gasteiger partial charge in [-0.15, -0.1) is 0 Å². The largest absolute Gasteiger partial charge is 0.275 e. The molecule has 0 spiro atoms. The number of amides is 1. The van der Waals surface area contributed by atoms with Crippen molar-refractivity contribution in [2.75, 3.05) is 12.1 Å². The zero-order chi connectivity index (χ0) is 14.1. The van der Waals surface area contributed by atoms with Crippen LogP contribution in [0.1, 0.15) is 10.4 Å². The summed E-state index contributed by atoms with van der Waals surface area (Å²) >= 11 is 3.31. The second-order valence-corrected chi connectivity index (χ2v) is 5.14. The Kier molecular flexibility index (Phi) is 3.28. The first-order valence-electron chi connectivity index (χ1n) is 6.13. The maximum atomic E-state index is 12.5. The fraction of sp³-hybridized carbons (Fsp3) is 0.0667. The molecule has 0 saturated carbocycles. The van der Waals surface area contributed by atoms with Crippen molar-refractivity contribution in [2.24, 2.45) is 0 Å². The van der Waals surface area contributed by atoms with Crippen LogP contribution in [-0.2, 0) is 0 Å². The van der Waals surface area contributed by atoms with E-state index in [0.29, 0.717) is 10.2 Å². The highest BCUT2D eigenvalue weighted by Crippen LogP contribution is 2.18. The predicted octanol–water partition coefficient (Wildman–Crippen LogP) is 3.21. The van der Waals surface area contributed by atoms with Gasteiger partial charge in [0, 0.05) is 24.8 Å². The molecular formula is C15H12BrN3O. The SMILES string of the molecule is CN(C(=O)c1cccnc1Br)n1ccc2ccccc21. The van der Waals surface area contributed by atoms with Crippen LogP contribution in [0, 0.1) is 0 Å². The lowest BCUT2D eigenvalue weighted by molar-refractivity contribution is 0.0967. The van der Waals surface area contributed by atoms with Gasteiger partial charge in [-0.05, 0) is 40.2 Å². The summed E-state index contributed by atoms with van der Waals surface area (Å²) in [5, 5.41) is 2.67. The third kappa shape index (κ3) is 2.10. The molecule has 4 nitrogen and oxygen atoms in total. The lowest BCUT2D eigenvalue weighted by Gasteiger charge is -2.20. The second-order valence-electron chi connectivity index (χ2n) is 4.39. The van der Waals surface area contributed by atoms with Gasteiger partial charge in [0.15, 0.2) is 0 Å². The fourth-order valence-corrected chi connectivity index (χ4v) is 2.57. The van der Waals surface area contributed by atoms with Crippen molar-refractivity contribution in [1.29, 1.82) is 0 Å². The normalized spacial score (nSPS) is 10.7. The summed E-state index contributed by atoms with van der Waals surface area (Å²) in [6.07, 6.45) is 3.53. The van der Waals surface area contributed by atoms with Crippen molar-refractivity contribution >= 4 is 32.7 Å². The van der Waals surface area contributed by atoms with Crippen LogP contribution in [0.3, 0.4) is 0 Å². The topological polar surface area (TPSA) is 38.1 Å². The molecule has 0 aliphatic carbocycles. The van der Waals surface area contributed by atoms with E-state index in [4.69, 9.17) is 0 Å². The van der Waals surface area contributed by atoms with Crippen LogP contribution in [0.25, 0.3) is 10.9 Å². The number of carbonyl (C=O) groups is 1. The van der Waals surface area contributed by atoms with Crippen molar-refractivity contribution in [2.45, 2.75) is 0 Å². The summed E-state index contributed by atoms with van der Waals surface area (Å²) in [4.78, 5) is 16.6. The average Bonchev–Trinajstić information content (AvgIpc) is 2.90. The second kappa shape index (κ2) is 5.09. The molecule has 0 N–H and O–H groups in total. The lowest BCUT2D eigenvalue weighted by Crippen LogP contribution is -2.36. The van der Waals surface area contributed by atoms with Crippen LogP contribution >= 0.6 is 15.9 Å². The van der Waals surface area contributed by atoms with Crippen molar-refractivity contribution < 1.29 is 4.79 Å². The van der Waals surface area contributed by atoms with E-state index in [0.717, 1.165) is 10.9 Å². The highest BCUT2D eigenvalue weighted by atomic mass is 79.9. The van der Waals surface area contributed by atoms with Gasteiger partial charge < -0.3 is 0 Å². The number of fused-ring (bicyclic) bond motifs is 1. The van der Waals surface area contributed by atoms with Crippen LogP contribution in [0.5, 0.6) is 0 Å². The van der Waals surface area contributed by atoms with Gasteiger partial charge in [-0.2, -0.15) is 0 Å². The molecule has 5 heteroatoms. The van der Waals surface area contributed by atoms with Crippen LogP contribution in [-0.4, -0.2) is 22.6 Å². The molecule has 100 valence electrons. The molecule has 0 aliphatic heterocycles. The Morgan fingerprint density at radius 1 is 1.20 bits per heavy atom. The van der Waals surface area contributed by atoms with Crippen molar-refractivity contribution in [3.05, 3.63) is 65.0 Å². The van der Waals surface area contributed by atoms with Crippen molar-refractivity contribution in [3.8, 4) is 0 Å². The number of nitrogens with zero attached hydrogens (tertiary/aromatic N) is 3. The molecule has 0 unspecified atom stereocenters. The minimum absolute atomic E-state index is 0.119. The van der Waals surface area contributed by atoms with Gasteiger partial charge in [0.05, 0.1) is 11.1 Å². The standard InChI is InChI=1S/C15H12BrN3O/c1-18(15(20)12-6-4-9-17-14(12)16)19-10-8-11-5-2-3-7-13(11)19/h2-10H,1H3. The summed E-state index contributed by atoms with van der Waals surface area (Å²) in [6, 6.07) is 13.4. The summed E-state index contributed by atoms with van der Waals surface area (Å²) < 4.78 is 2.38. The number of hydrogen-bond donors (Lipinski definition) is 0. The third-order valence-electron chi connectivity index (χ3n) is 3.19. The van der Waals surface area contributed by atoms with Crippen LogP contribution in [0.15, 0.2) is 59.5 Å². The molecule has 3 rings (SSSR count). The monoisotopic (exact) mass is 329 g/mol. The molecule has 1 aromatic carbocycles. The number of para-hydroxylation sites is 1. The number of rotatable bonds is 2. The van der Waals surface area contributed by atoms with Gasteiger partial charge in [-0.1, -0.05) is 18.2 Å². The molecule has 3 aromatic rings. The minimum Gasteiger partial charge on any atom is -0.267 e. The fourth-order valence-electron chi connectivity index (χ4n) is 2.15. The molecule has 0 aliphatic rings. The number of benzene rings is 1. The van der Waals surface area contributed by atoms with Crippen LogP contribution < -0.4 is 5.01 Å². The predicted molar refractivity (Wildman–Crippen MR) is 82.3 cm³/mol. The van der Waals surface area contributed by atoms with Gasteiger partial charge in [-0.25, -0.2) is 9.99 Å².